The van der Waals surface area contributed by atoms with Crippen molar-refractivity contribution in [1.82, 2.24) is 18.2 Å². The smallest absolute Gasteiger partial charge is 0.290 e. The summed E-state index contributed by atoms with van der Waals surface area (Å²) in [5.41, 5.74) is 0. The first-order valence-electron chi connectivity index (χ1n) is 8.22. The van der Waals surface area contributed by atoms with Gasteiger partial charge in [-0.05, 0) is 6.42 Å². The van der Waals surface area contributed by atoms with Crippen molar-refractivity contribution < 1.29 is 31.5 Å². The predicted octanol–water partition coefficient (Wildman–Crippen LogP) is -1.21. The molecule has 1 aromatic rings. The first-order valence-corrected chi connectivity index (χ1v) is 11.5. The lowest BCUT2D eigenvalue weighted by Crippen LogP contribution is -2.49. The molecule has 27 heavy (non-hydrogen) atoms. The van der Waals surface area contributed by atoms with Crippen LogP contribution in [0.5, 0.6) is 0 Å². The third-order valence-corrected chi connectivity index (χ3v) is 7.54. The molecule has 2 saturated heterocycles. The molecule has 11 nitrogen and oxygen atoms in total. The highest BCUT2D eigenvalue weighted by Crippen LogP contribution is 2.28. The number of fused-ring (bicyclic) bond motifs is 1. The molecule has 2 fully saturated rings. The van der Waals surface area contributed by atoms with Crippen molar-refractivity contribution in [3.8, 4) is 0 Å². The van der Waals surface area contributed by atoms with E-state index in [-0.39, 0.29) is 36.7 Å². The molecular formula is C14H24N4O7S2. The van der Waals surface area contributed by atoms with Crippen molar-refractivity contribution >= 4 is 26.5 Å². The molecule has 0 saturated carbocycles. The van der Waals surface area contributed by atoms with Crippen molar-refractivity contribution in [2.75, 3.05) is 39.0 Å². The lowest BCUT2D eigenvalue weighted by Gasteiger charge is -2.36. The number of piperidine rings is 1. The van der Waals surface area contributed by atoms with Crippen molar-refractivity contribution in [3.63, 3.8) is 0 Å². The summed E-state index contributed by atoms with van der Waals surface area (Å²) in [7, 11) is -5.21. The summed E-state index contributed by atoms with van der Waals surface area (Å²) in [6.07, 6.45) is 4.37. The lowest BCUT2D eigenvalue weighted by atomic mass is 9.95. The molecule has 2 aliphatic heterocycles. The Morgan fingerprint density at radius 2 is 1.89 bits per heavy atom. The van der Waals surface area contributed by atoms with Gasteiger partial charge in [0.15, 0.2) is 5.03 Å². The van der Waals surface area contributed by atoms with Crippen LogP contribution in [-0.4, -0.2) is 91.7 Å². The van der Waals surface area contributed by atoms with Crippen LogP contribution in [0.4, 0.5) is 0 Å². The van der Waals surface area contributed by atoms with Gasteiger partial charge in [-0.1, -0.05) is 0 Å². The molecule has 2 atom stereocenters. The monoisotopic (exact) mass is 424 g/mol. The molecule has 154 valence electrons. The van der Waals surface area contributed by atoms with Crippen molar-refractivity contribution in [2.24, 2.45) is 13.0 Å². The maximum Gasteiger partial charge on any atom is 0.290 e. The molecule has 3 rings (SSSR count). The quantitative estimate of drug-likeness (QED) is 0.597. The Morgan fingerprint density at radius 1 is 1.22 bits per heavy atom. The molecule has 13 heteroatoms. The van der Waals surface area contributed by atoms with Crippen LogP contribution >= 0.6 is 0 Å². The lowest BCUT2D eigenvalue weighted by molar-refractivity contribution is -0.122. The normalized spacial score (nSPS) is 25.0. The summed E-state index contributed by atoms with van der Waals surface area (Å²) < 4.78 is 59.1. The molecule has 0 amide bonds. The highest BCUT2D eigenvalue weighted by Gasteiger charge is 2.40. The summed E-state index contributed by atoms with van der Waals surface area (Å²) in [4.78, 5) is 12.3. The van der Waals surface area contributed by atoms with Gasteiger partial charge in [0.05, 0.1) is 25.3 Å². The first-order chi connectivity index (χ1) is 12.6. The molecule has 1 N–H and O–H groups in total. The van der Waals surface area contributed by atoms with Gasteiger partial charge in [-0.3, -0.25) is 4.79 Å². The number of carbonyl (C=O) groups is 1. The molecular weight excluding hydrogens is 400 g/mol. The van der Waals surface area contributed by atoms with Gasteiger partial charge in [-0.25, -0.2) is 21.8 Å². The summed E-state index contributed by atoms with van der Waals surface area (Å²) in [5.74, 6) is -0.00240. The SMILES string of the molecule is Cn1cnc(S(=O)(=O)N2CC[C@@H]3CN(S(C)(=O)=O)CCO[C@@H]3C2)c1.O=CO. The van der Waals surface area contributed by atoms with Gasteiger partial charge in [0.1, 0.15) is 0 Å². The third-order valence-electron chi connectivity index (χ3n) is 4.52. The van der Waals surface area contributed by atoms with Crippen LogP contribution in [0.2, 0.25) is 0 Å². The average Bonchev–Trinajstić information content (AvgIpc) is 2.90. The molecule has 0 aliphatic carbocycles. The molecule has 2 aliphatic rings. The van der Waals surface area contributed by atoms with E-state index < -0.39 is 20.0 Å². The number of hydrogen-bond acceptors (Lipinski definition) is 7. The van der Waals surface area contributed by atoms with Gasteiger partial charge in [0, 0.05) is 45.3 Å². The minimum Gasteiger partial charge on any atom is -0.483 e. The zero-order valence-electron chi connectivity index (χ0n) is 15.1. The van der Waals surface area contributed by atoms with Crippen LogP contribution in [0.1, 0.15) is 6.42 Å². The summed E-state index contributed by atoms with van der Waals surface area (Å²) >= 11 is 0. The number of carboxylic acid groups (broad SMARTS) is 1. The Labute approximate surface area is 158 Å². The Kier molecular flexibility index (Phi) is 6.97. The highest BCUT2D eigenvalue weighted by molar-refractivity contribution is 7.89. The van der Waals surface area contributed by atoms with Crippen LogP contribution < -0.4 is 0 Å². The number of aromatic nitrogens is 2. The van der Waals surface area contributed by atoms with Gasteiger partial charge in [-0.15, -0.1) is 0 Å². The average molecular weight is 425 g/mol. The minimum absolute atomic E-state index is 0.00240. The Balaban J connectivity index is 0.000000817. The number of nitrogens with zero attached hydrogens (tertiary/aromatic N) is 4. The molecule has 0 radical (unpaired) electrons. The largest absolute Gasteiger partial charge is 0.483 e. The van der Waals surface area contributed by atoms with E-state index in [0.717, 1.165) is 0 Å². The van der Waals surface area contributed by atoms with Gasteiger partial charge >= 0.3 is 0 Å². The summed E-state index contributed by atoms with van der Waals surface area (Å²) in [5, 5.41) is 6.91. The maximum atomic E-state index is 12.7. The van der Waals surface area contributed by atoms with E-state index in [1.54, 1.807) is 11.6 Å². The Morgan fingerprint density at radius 3 is 2.44 bits per heavy atom. The van der Waals surface area contributed by atoms with Gasteiger partial charge in [0.25, 0.3) is 16.5 Å². The van der Waals surface area contributed by atoms with E-state index in [2.05, 4.69) is 4.98 Å². The van der Waals surface area contributed by atoms with Gasteiger partial charge in [-0.2, -0.15) is 8.61 Å². The fourth-order valence-corrected chi connectivity index (χ4v) is 5.47. The number of aryl methyl sites for hydroxylation is 1. The number of sulfonamides is 2. The zero-order chi connectivity index (χ0) is 20.2. The van der Waals surface area contributed by atoms with Gasteiger partial charge in [0.2, 0.25) is 10.0 Å². The Bertz CT molecular complexity index is 853. The zero-order valence-corrected chi connectivity index (χ0v) is 16.8. The number of ether oxygens (including phenoxy) is 1. The van der Waals surface area contributed by atoms with Crippen LogP contribution in [0.25, 0.3) is 0 Å². The number of hydrogen-bond donors (Lipinski definition) is 1. The van der Waals surface area contributed by atoms with Crippen molar-refractivity contribution in [1.29, 1.82) is 0 Å². The molecule has 0 unspecified atom stereocenters. The Hall–Kier alpha value is -1.54. The highest BCUT2D eigenvalue weighted by atomic mass is 32.2. The maximum absolute atomic E-state index is 12.7. The molecule has 3 heterocycles. The van der Waals surface area contributed by atoms with Gasteiger partial charge < -0.3 is 14.4 Å². The van der Waals surface area contributed by atoms with Crippen LogP contribution in [0.3, 0.4) is 0 Å². The standard InChI is InChI=1S/C13H22N4O5S2.CH2O2/c1-15-9-13(14-10-15)24(20,21)17-4-3-11-7-16(23(2,18)19)5-6-22-12(11)8-17;2-1-3/h9-12H,3-8H2,1-2H3;1H,(H,2,3)/t11-,12-;/m1./s1. The van der Waals surface area contributed by atoms with E-state index in [4.69, 9.17) is 14.6 Å². The fourth-order valence-electron chi connectivity index (χ4n) is 3.17. The third kappa shape index (κ3) is 5.25. The molecule has 0 bridgehead atoms. The molecule has 1 aromatic heterocycles. The van der Waals surface area contributed by atoms with E-state index in [0.29, 0.717) is 26.1 Å². The predicted molar refractivity (Wildman–Crippen MR) is 94.9 cm³/mol. The fraction of sp³-hybridized carbons (Fsp3) is 0.714. The minimum atomic E-state index is -3.66. The second-order valence-electron chi connectivity index (χ2n) is 6.42. The molecule has 0 aromatic carbocycles. The summed E-state index contributed by atoms with van der Waals surface area (Å²) in [6.45, 7) is 1.26. The molecule has 0 spiro atoms. The second kappa shape index (κ2) is 8.65. The second-order valence-corrected chi connectivity index (χ2v) is 10.3. The van der Waals surface area contributed by atoms with Crippen LogP contribution in [0, 0.1) is 5.92 Å². The van der Waals surface area contributed by atoms with E-state index in [1.165, 1.54) is 27.4 Å². The van der Waals surface area contributed by atoms with Crippen LogP contribution in [-0.2, 0) is 36.6 Å². The first kappa shape index (κ1) is 21.8. The van der Waals surface area contributed by atoms with Crippen molar-refractivity contribution in [3.05, 3.63) is 12.5 Å². The summed E-state index contributed by atoms with van der Waals surface area (Å²) in [6, 6.07) is 0. The number of imidazole rings is 1. The van der Waals surface area contributed by atoms with Crippen molar-refractivity contribution in [2.45, 2.75) is 17.6 Å². The number of rotatable bonds is 3. The van der Waals surface area contributed by atoms with E-state index in [1.807, 2.05) is 0 Å². The van der Waals surface area contributed by atoms with Crippen LogP contribution in [0.15, 0.2) is 17.6 Å². The van der Waals surface area contributed by atoms with E-state index >= 15 is 0 Å². The van der Waals surface area contributed by atoms with E-state index in [9.17, 15) is 16.8 Å². The topological polar surface area (TPSA) is 139 Å².